The maximum atomic E-state index is 13.5. The van der Waals surface area contributed by atoms with Crippen molar-refractivity contribution in [3.8, 4) is 17.2 Å². The van der Waals surface area contributed by atoms with Crippen molar-refractivity contribution in [3.05, 3.63) is 77.4 Å². The normalized spacial score (nSPS) is 19.5. The Kier molecular flexibility index (Phi) is 8.09. The fourth-order valence-electron chi connectivity index (χ4n) is 5.32. The number of rotatable bonds is 11. The first-order valence-corrected chi connectivity index (χ1v) is 13.8. The Morgan fingerprint density at radius 1 is 1.10 bits per heavy atom. The molecule has 3 aromatic rings. The first kappa shape index (κ1) is 27.3. The standard InChI is InChI=1S/C31H35N3O6/c1-4-15-39-25-10-7-21(18-26(25)38-5-2)28-27(29(35)22-8-9-24-23(17-22)16-20(3)40-24)30(36)31(37)34(28)13-6-12-33-14-11-32-19-33/h7-11,14,17-20,28,35H,4-6,12-13,15-16H2,1-3H3/b29-27+. The number of aromatic nitrogens is 2. The molecule has 3 heterocycles. The highest BCUT2D eigenvalue weighted by Gasteiger charge is 2.46. The molecule has 0 radical (unpaired) electrons. The number of fused-ring (bicyclic) bond motifs is 1. The van der Waals surface area contributed by atoms with Crippen LogP contribution in [0.5, 0.6) is 17.2 Å². The lowest BCUT2D eigenvalue weighted by atomic mass is 9.94. The van der Waals surface area contributed by atoms with Gasteiger partial charge in [-0.15, -0.1) is 0 Å². The number of aliphatic hydroxyl groups is 1. The predicted molar refractivity (Wildman–Crippen MR) is 149 cm³/mol. The zero-order valence-corrected chi connectivity index (χ0v) is 23.1. The molecule has 210 valence electrons. The second-order valence-corrected chi connectivity index (χ2v) is 10.1. The number of ether oxygens (including phenoxy) is 3. The quantitative estimate of drug-likeness (QED) is 0.208. The molecule has 2 unspecified atom stereocenters. The average Bonchev–Trinajstić information content (AvgIpc) is 3.66. The van der Waals surface area contributed by atoms with E-state index >= 15 is 0 Å². The van der Waals surface area contributed by atoms with Crippen LogP contribution in [0.25, 0.3) is 5.76 Å². The number of carbonyl (C=O) groups excluding carboxylic acids is 2. The largest absolute Gasteiger partial charge is 0.507 e. The summed E-state index contributed by atoms with van der Waals surface area (Å²) in [5.74, 6) is 0.342. The number of benzene rings is 2. The molecule has 9 heteroatoms. The summed E-state index contributed by atoms with van der Waals surface area (Å²) in [5, 5.41) is 11.5. The third kappa shape index (κ3) is 5.41. The molecule has 0 spiro atoms. The summed E-state index contributed by atoms with van der Waals surface area (Å²) in [6, 6.07) is 10.0. The van der Waals surface area contributed by atoms with E-state index in [4.69, 9.17) is 14.2 Å². The Balaban J connectivity index is 1.56. The van der Waals surface area contributed by atoms with Gasteiger partial charge in [-0.2, -0.15) is 0 Å². The van der Waals surface area contributed by atoms with Crippen LogP contribution in [-0.4, -0.2) is 57.1 Å². The van der Waals surface area contributed by atoms with Crippen LogP contribution in [0.3, 0.4) is 0 Å². The number of amides is 1. The fourth-order valence-corrected chi connectivity index (χ4v) is 5.32. The number of aryl methyl sites for hydroxylation is 1. The van der Waals surface area contributed by atoms with Crippen LogP contribution in [0.15, 0.2) is 60.7 Å². The Bertz CT molecular complexity index is 1410. The molecule has 1 N–H and O–H groups in total. The van der Waals surface area contributed by atoms with E-state index in [2.05, 4.69) is 4.98 Å². The number of aliphatic hydroxyl groups excluding tert-OH is 1. The Morgan fingerprint density at radius 2 is 1.95 bits per heavy atom. The maximum Gasteiger partial charge on any atom is 0.295 e. The summed E-state index contributed by atoms with van der Waals surface area (Å²) in [6.45, 7) is 7.80. The lowest BCUT2D eigenvalue weighted by Gasteiger charge is -2.26. The van der Waals surface area contributed by atoms with Crippen LogP contribution < -0.4 is 14.2 Å². The van der Waals surface area contributed by atoms with E-state index in [0.29, 0.717) is 61.8 Å². The third-order valence-electron chi connectivity index (χ3n) is 7.13. The van der Waals surface area contributed by atoms with Gasteiger partial charge in [0.05, 0.1) is 31.2 Å². The highest BCUT2D eigenvalue weighted by atomic mass is 16.5. The molecule has 40 heavy (non-hydrogen) atoms. The molecule has 5 rings (SSSR count). The first-order valence-electron chi connectivity index (χ1n) is 13.8. The molecule has 1 amide bonds. The minimum absolute atomic E-state index is 0.0406. The van der Waals surface area contributed by atoms with Crippen LogP contribution in [0.2, 0.25) is 0 Å². The van der Waals surface area contributed by atoms with Crippen LogP contribution in [0.1, 0.15) is 56.3 Å². The number of hydrogen-bond donors (Lipinski definition) is 1. The van der Waals surface area contributed by atoms with Crippen LogP contribution in [-0.2, 0) is 22.6 Å². The number of carbonyl (C=O) groups is 2. The summed E-state index contributed by atoms with van der Waals surface area (Å²) in [7, 11) is 0. The minimum atomic E-state index is -0.786. The van der Waals surface area contributed by atoms with Gasteiger partial charge in [0.15, 0.2) is 11.5 Å². The van der Waals surface area contributed by atoms with Crippen molar-refractivity contribution in [3.63, 3.8) is 0 Å². The lowest BCUT2D eigenvalue weighted by molar-refractivity contribution is -0.139. The summed E-state index contributed by atoms with van der Waals surface area (Å²) in [5.41, 5.74) is 2.16. The number of nitrogens with zero attached hydrogens (tertiary/aromatic N) is 3. The zero-order chi connectivity index (χ0) is 28.2. The van der Waals surface area contributed by atoms with E-state index < -0.39 is 17.7 Å². The number of imidazole rings is 1. The smallest absolute Gasteiger partial charge is 0.295 e. The number of hydrogen-bond acceptors (Lipinski definition) is 7. The van der Waals surface area contributed by atoms with Crippen LogP contribution in [0, 0.1) is 0 Å². The summed E-state index contributed by atoms with van der Waals surface area (Å²) in [6.07, 6.45) is 7.46. The van der Waals surface area contributed by atoms with Crippen LogP contribution in [0.4, 0.5) is 0 Å². The molecule has 0 aliphatic carbocycles. The Labute approximate surface area is 234 Å². The molecule has 0 bridgehead atoms. The van der Waals surface area contributed by atoms with Gasteiger partial charge in [0, 0.05) is 37.5 Å². The van der Waals surface area contributed by atoms with E-state index in [1.807, 2.05) is 43.7 Å². The van der Waals surface area contributed by atoms with Crippen molar-refractivity contribution >= 4 is 17.4 Å². The van der Waals surface area contributed by atoms with Gasteiger partial charge in [-0.1, -0.05) is 13.0 Å². The zero-order valence-electron chi connectivity index (χ0n) is 23.1. The SMILES string of the molecule is CCCOc1ccc(C2/C(=C(\O)c3ccc4c(c3)CC(C)O4)C(=O)C(=O)N2CCCn2ccnc2)cc1OCC. The van der Waals surface area contributed by atoms with Gasteiger partial charge in [0.1, 0.15) is 17.6 Å². The second-order valence-electron chi connectivity index (χ2n) is 10.1. The lowest BCUT2D eigenvalue weighted by Crippen LogP contribution is -2.31. The molecular formula is C31H35N3O6. The van der Waals surface area contributed by atoms with Crippen LogP contribution >= 0.6 is 0 Å². The molecule has 1 aromatic heterocycles. The number of ketones is 1. The van der Waals surface area contributed by atoms with Gasteiger partial charge in [-0.25, -0.2) is 4.98 Å². The molecule has 9 nitrogen and oxygen atoms in total. The molecular weight excluding hydrogens is 510 g/mol. The van der Waals surface area contributed by atoms with Crippen molar-refractivity contribution < 1.29 is 28.9 Å². The molecule has 2 aliphatic heterocycles. The van der Waals surface area contributed by atoms with Gasteiger partial charge in [0.2, 0.25) is 0 Å². The molecule has 1 saturated heterocycles. The van der Waals surface area contributed by atoms with Crippen molar-refractivity contribution in [2.75, 3.05) is 19.8 Å². The van der Waals surface area contributed by atoms with Crippen molar-refractivity contribution in [1.29, 1.82) is 0 Å². The van der Waals surface area contributed by atoms with Gasteiger partial charge in [0.25, 0.3) is 11.7 Å². The molecule has 2 atom stereocenters. The van der Waals surface area contributed by atoms with E-state index in [0.717, 1.165) is 17.7 Å². The fraction of sp³-hybridized carbons (Fsp3) is 0.387. The number of Topliss-reactive ketones (excluding diaryl/α,β-unsaturated/α-hetero) is 1. The van der Waals surface area contributed by atoms with Crippen molar-refractivity contribution in [2.45, 2.75) is 58.7 Å². The summed E-state index contributed by atoms with van der Waals surface area (Å²) >= 11 is 0. The van der Waals surface area contributed by atoms with E-state index in [1.54, 1.807) is 41.7 Å². The monoisotopic (exact) mass is 545 g/mol. The van der Waals surface area contributed by atoms with Gasteiger partial charge >= 0.3 is 0 Å². The third-order valence-corrected chi connectivity index (χ3v) is 7.13. The van der Waals surface area contributed by atoms with Gasteiger partial charge in [-0.3, -0.25) is 9.59 Å². The average molecular weight is 546 g/mol. The molecule has 1 fully saturated rings. The maximum absolute atomic E-state index is 13.5. The highest BCUT2D eigenvalue weighted by Crippen LogP contribution is 2.43. The first-order chi connectivity index (χ1) is 19.4. The second kappa shape index (κ2) is 11.9. The molecule has 2 aliphatic rings. The van der Waals surface area contributed by atoms with E-state index in [9.17, 15) is 14.7 Å². The molecule has 2 aromatic carbocycles. The molecule has 0 saturated carbocycles. The minimum Gasteiger partial charge on any atom is -0.507 e. The highest BCUT2D eigenvalue weighted by molar-refractivity contribution is 6.46. The predicted octanol–water partition coefficient (Wildman–Crippen LogP) is 4.91. The Morgan fingerprint density at radius 3 is 2.70 bits per heavy atom. The topological polar surface area (TPSA) is 103 Å². The van der Waals surface area contributed by atoms with Gasteiger partial charge in [-0.05, 0) is 68.1 Å². The van der Waals surface area contributed by atoms with E-state index in [1.165, 1.54) is 0 Å². The summed E-state index contributed by atoms with van der Waals surface area (Å²) < 4.78 is 19.5. The van der Waals surface area contributed by atoms with Gasteiger partial charge < -0.3 is 28.8 Å². The summed E-state index contributed by atoms with van der Waals surface area (Å²) in [4.78, 5) is 32.5. The van der Waals surface area contributed by atoms with E-state index in [-0.39, 0.29) is 17.4 Å². The number of likely N-dealkylation sites (tertiary alicyclic amines) is 1. The van der Waals surface area contributed by atoms with Crippen molar-refractivity contribution in [2.24, 2.45) is 0 Å². The Hall–Kier alpha value is -4.27. The van der Waals surface area contributed by atoms with Crippen molar-refractivity contribution in [1.82, 2.24) is 14.5 Å².